The lowest BCUT2D eigenvalue weighted by Gasteiger charge is -2.34. The topological polar surface area (TPSA) is 321 Å². The molecule has 18 rings (SSSR count). The molecule has 27 nitrogen and oxygen atoms in total. The Kier molecular flexibility index (Phi) is 38.8. The highest BCUT2D eigenvalue weighted by Gasteiger charge is 2.45. The van der Waals surface area contributed by atoms with Crippen molar-refractivity contribution < 1.29 is 95.4 Å². The van der Waals surface area contributed by atoms with Gasteiger partial charge in [-0.1, -0.05) is 193 Å². The highest BCUT2D eigenvalue weighted by Crippen LogP contribution is 2.50. The van der Waals surface area contributed by atoms with Gasteiger partial charge in [0.25, 0.3) is 47.3 Å². The van der Waals surface area contributed by atoms with Crippen molar-refractivity contribution in [1.82, 2.24) is 29.6 Å². The number of amides is 8. The Morgan fingerprint density at radius 3 is 1.01 bits per heavy atom. The Bertz CT molecular complexity index is 7230. The van der Waals surface area contributed by atoms with Crippen molar-refractivity contribution in [3.63, 3.8) is 0 Å². The fraction of sp³-hybridized carbons (Fsp3) is 0.301. The van der Waals surface area contributed by atoms with Gasteiger partial charge in [-0.25, -0.2) is 34.0 Å². The Hall–Kier alpha value is -17.3. The zero-order valence-corrected chi connectivity index (χ0v) is 84.8. The lowest BCUT2D eigenvalue weighted by atomic mass is 9.90. The molecule has 6 heterocycles. The predicted octanol–water partition coefficient (Wildman–Crippen LogP) is 20.7. The van der Waals surface area contributed by atoms with Crippen molar-refractivity contribution in [2.45, 2.75) is 162 Å². The van der Waals surface area contributed by atoms with Crippen molar-refractivity contribution in [1.29, 1.82) is 0 Å². The second-order valence-electron chi connectivity index (χ2n) is 36.0. The van der Waals surface area contributed by atoms with Crippen molar-refractivity contribution in [2.75, 3.05) is 83.9 Å². The average molecular weight is 2010 g/mol. The predicted molar refractivity (Wildman–Crippen MR) is 573 cm³/mol. The second kappa shape index (κ2) is 53.7. The Morgan fingerprint density at radius 1 is 0.327 bits per heavy atom. The molecule has 150 heavy (non-hydrogen) atoms. The van der Waals surface area contributed by atoms with Crippen LogP contribution in [0.3, 0.4) is 0 Å². The molecule has 0 N–H and O–H groups in total. The van der Waals surface area contributed by atoms with Gasteiger partial charge in [-0.2, -0.15) is 0 Å². The van der Waals surface area contributed by atoms with E-state index < -0.39 is 41.7 Å². The molecule has 7 aliphatic rings. The van der Waals surface area contributed by atoms with E-state index >= 15 is 0 Å². The van der Waals surface area contributed by atoms with Gasteiger partial charge in [-0.15, -0.1) is 0 Å². The molecule has 0 spiro atoms. The van der Waals surface area contributed by atoms with Gasteiger partial charge in [0, 0.05) is 162 Å². The molecule has 1 saturated carbocycles. The summed E-state index contributed by atoms with van der Waals surface area (Å²) in [6, 6.07) is 52.8. The van der Waals surface area contributed by atoms with Crippen molar-refractivity contribution in [3.8, 4) is 93.3 Å². The van der Waals surface area contributed by atoms with E-state index in [9.17, 15) is 57.5 Å². The molecule has 2 aliphatic carbocycles. The molecule has 0 bridgehead atoms. The van der Waals surface area contributed by atoms with Crippen molar-refractivity contribution >= 4 is 120 Å². The standard InChI is InChI=1S/C31H23NO5.C30H37NO5.C26H30N2O5.C24H21N3O5.C12H6/c1-2-27(33)37-18-8-17-36-26-16-15-25-28-23(26)13-7-14-24(28)30(34)32(31(25)35)29-21-11-5-3-9-19(21)20-10-4-6-12-22(20)29;1-2-27(32)36-21-13-20-35-26-19-18-25-28-23(26)16-12-17-24(28)29(33)31(30(25)34)22-14-10-8-6-4-3-5-7-9-11-15-22;1-2-23(29)33-18-7-3-6-17-32-22-12-11-21-24-19(22)9-8-10-20(24)25(30)28(26(21)31)16-15-27-13-4-5-14-27;1-4-20(28)32-12-6-11-31-19-10-9-18-21-16(19)7-5-8-17(21)22(29)27(23(18)30)24-25-14(2)13-15(3)26-24;1-3-5-7-9-11-12-10-8-6-4-2/h2-7,9-16,29H,1,8,17-18H2;2,12,16-19,22H,1,3-11,13-15,20-21H2;2,8-12H,1,3-7,13-18H2;4-5,7-10,13H,1,6,11-12H2,2-3H3;1-2H3. The number of ether oxygens (including phenoxy) is 8. The minimum atomic E-state index is -0.495. The number of aryl methyl sites for hydroxylation is 2. The number of hydrogen-bond donors (Lipinski definition) is 0. The van der Waals surface area contributed by atoms with Crippen LogP contribution in [0.15, 0.2) is 227 Å². The number of likely N-dealkylation sites (tertiary alicyclic amines) is 1. The maximum Gasteiger partial charge on any atom is 0.330 e. The number of carbonyl (C=O) groups excluding carboxylic acids is 12. The summed E-state index contributed by atoms with van der Waals surface area (Å²) in [5, 5.41) is 5.39. The van der Waals surface area contributed by atoms with E-state index in [1.165, 1.54) is 54.7 Å². The minimum Gasteiger partial charge on any atom is -0.493 e. The molecule has 8 amide bonds. The molecule has 0 unspecified atom stereocenters. The number of aromatic nitrogens is 2. The molecule has 5 aliphatic heterocycles. The van der Waals surface area contributed by atoms with Crippen LogP contribution in [0.1, 0.15) is 247 Å². The summed E-state index contributed by atoms with van der Waals surface area (Å²) < 4.78 is 43.6. The fourth-order valence-corrected chi connectivity index (χ4v) is 19.2. The molecule has 27 heteroatoms. The number of fused-ring (bicyclic) bond motifs is 3. The molecule has 1 saturated heterocycles. The van der Waals surface area contributed by atoms with Gasteiger partial charge in [0.1, 0.15) is 23.0 Å². The third-order valence-electron chi connectivity index (χ3n) is 26.1. The summed E-state index contributed by atoms with van der Waals surface area (Å²) >= 11 is 0. The summed E-state index contributed by atoms with van der Waals surface area (Å²) in [6.07, 6.45) is 23.3. The van der Waals surface area contributed by atoms with Gasteiger partial charge in [-0.3, -0.25) is 53.1 Å². The minimum absolute atomic E-state index is 0.0537. The first kappa shape index (κ1) is 108. The first-order chi connectivity index (χ1) is 73.1. The van der Waals surface area contributed by atoms with Crippen LogP contribution in [0.25, 0.3) is 54.2 Å². The molecule has 1 aromatic heterocycles. The maximum absolute atomic E-state index is 13.9. The maximum atomic E-state index is 13.9. The number of anilines is 1. The molecular formula is C123H117N7O20. The highest BCUT2D eigenvalue weighted by molar-refractivity contribution is 6.36. The van der Waals surface area contributed by atoms with Crippen LogP contribution >= 0.6 is 0 Å². The number of carbonyl (C=O) groups is 12. The number of imide groups is 4. The Labute approximate surface area is 872 Å². The van der Waals surface area contributed by atoms with E-state index in [-0.39, 0.29) is 67.3 Å². The molecule has 0 atom stereocenters. The van der Waals surface area contributed by atoms with Gasteiger partial charge >= 0.3 is 23.9 Å². The first-order valence-corrected chi connectivity index (χ1v) is 50.6. The Morgan fingerprint density at radius 2 is 0.633 bits per heavy atom. The lowest BCUT2D eigenvalue weighted by molar-refractivity contribution is -0.138. The summed E-state index contributed by atoms with van der Waals surface area (Å²) in [4.78, 5) is 169. The number of esters is 4. The van der Waals surface area contributed by atoms with Gasteiger partial charge < -0.3 is 42.8 Å². The number of unbranched alkanes of at least 4 members (excludes halogenated alkanes) is 2. The number of benzene rings is 10. The van der Waals surface area contributed by atoms with E-state index in [4.69, 9.17) is 37.9 Å². The van der Waals surface area contributed by atoms with Crippen LogP contribution in [-0.4, -0.2) is 186 Å². The molecular weight excluding hydrogens is 1900 g/mol. The molecule has 2 fully saturated rings. The third kappa shape index (κ3) is 26.2. The quantitative estimate of drug-likeness (QED) is 0.00944. The van der Waals surface area contributed by atoms with Crippen molar-refractivity contribution in [3.05, 3.63) is 294 Å². The van der Waals surface area contributed by atoms with Crippen LogP contribution in [0.2, 0.25) is 0 Å². The zero-order valence-electron chi connectivity index (χ0n) is 84.8. The third-order valence-corrected chi connectivity index (χ3v) is 26.1. The molecule has 764 valence electrons. The van der Waals surface area contributed by atoms with E-state index in [0.29, 0.717) is 170 Å². The van der Waals surface area contributed by atoms with E-state index in [2.05, 4.69) is 100 Å². The first-order valence-electron chi connectivity index (χ1n) is 50.6. The van der Waals surface area contributed by atoms with E-state index in [1.807, 2.05) is 103 Å². The number of rotatable bonds is 32. The lowest BCUT2D eigenvalue weighted by Crippen LogP contribution is -2.47. The number of nitrogens with zero attached hydrogens (tertiary/aromatic N) is 7. The molecule has 0 radical (unpaired) electrons. The SMILES string of the molecule is C=CC(=O)OCCCCCOc1ccc2c3c(cccc13)C(=O)N(CCN1CCCC1)C2=O.C=CC(=O)OCCCOc1ccc2c3c(cccc13)C(=O)N(C1CCCCCCCCCCC1)C2=O.C=CC(=O)OCCCOc1ccc2c3c(cccc13)C(=O)N(C1c3ccccc3-c3ccccc31)C2=O.C=CC(=O)OCCCOc1ccc2c3c(cccc13)C(=O)N(c1nc(C)cc(C)n1)C2=O.CC#CC#CC#CC#CC#CC. The van der Waals surface area contributed by atoms with Crippen molar-refractivity contribution in [2.24, 2.45) is 0 Å². The van der Waals surface area contributed by atoms with Crippen LogP contribution in [0.4, 0.5) is 5.95 Å². The summed E-state index contributed by atoms with van der Waals surface area (Å²) in [5.74, 6) is 23.7. The fourth-order valence-electron chi connectivity index (χ4n) is 19.2. The average Bonchev–Trinajstić information content (AvgIpc) is 1.49. The van der Waals surface area contributed by atoms with Gasteiger partial charge in [0.05, 0.1) is 58.9 Å². The smallest absolute Gasteiger partial charge is 0.330 e. The van der Waals surface area contributed by atoms with Gasteiger partial charge in [0.2, 0.25) is 5.95 Å². The zero-order chi connectivity index (χ0) is 106. The molecule has 10 aromatic carbocycles. The monoisotopic (exact) mass is 2010 g/mol. The number of hydrogen-bond acceptors (Lipinski definition) is 23. The second-order valence-corrected chi connectivity index (χ2v) is 36.0. The largest absolute Gasteiger partial charge is 0.493 e. The van der Waals surface area contributed by atoms with Crippen LogP contribution in [0, 0.1) is 73.1 Å². The van der Waals surface area contributed by atoms with Crippen LogP contribution < -0.4 is 23.8 Å². The van der Waals surface area contributed by atoms with Gasteiger partial charge in [0.15, 0.2) is 0 Å². The Balaban J connectivity index is 0.000000152. The molecule has 11 aromatic rings. The van der Waals surface area contributed by atoms with Crippen LogP contribution in [-0.2, 0) is 38.1 Å². The van der Waals surface area contributed by atoms with Gasteiger partial charge in [-0.05, 0) is 234 Å². The van der Waals surface area contributed by atoms with E-state index in [0.717, 1.165) is 140 Å². The van der Waals surface area contributed by atoms with E-state index in [1.54, 1.807) is 105 Å². The van der Waals surface area contributed by atoms with Crippen LogP contribution in [0.5, 0.6) is 23.0 Å². The summed E-state index contributed by atoms with van der Waals surface area (Å²) in [6.45, 7) is 26.1. The normalized spacial score (nSPS) is 14.2. The summed E-state index contributed by atoms with van der Waals surface area (Å²) in [7, 11) is 0. The summed E-state index contributed by atoms with van der Waals surface area (Å²) in [5.41, 5.74) is 9.24. The highest BCUT2D eigenvalue weighted by atomic mass is 16.5.